The molecule has 0 bridgehead atoms. The second-order valence-electron chi connectivity index (χ2n) is 31.2. The molecular formula is C108H72O. The zero-order valence-electron chi connectivity index (χ0n) is 61.0. The van der Waals surface area contributed by atoms with Crippen LogP contribution < -0.4 is 0 Å². The van der Waals surface area contributed by atoms with Crippen LogP contribution in [0.4, 0.5) is 0 Å². The molecule has 0 unspecified atom stereocenters. The van der Waals surface area contributed by atoms with Crippen molar-refractivity contribution in [2.75, 3.05) is 0 Å². The van der Waals surface area contributed by atoms with E-state index in [4.69, 9.17) is 4.42 Å². The van der Waals surface area contributed by atoms with Gasteiger partial charge in [-0.1, -0.05) is 355 Å². The van der Waals surface area contributed by atoms with Crippen molar-refractivity contribution in [1.29, 1.82) is 0 Å². The molecule has 21 aromatic rings. The quantitative estimate of drug-likeness (QED) is 0.119. The molecular weight excluding hydrogens is 1310 g/mol. The van der Waals surface area contributed by atoms with Crippen LogP contribution in [0.5, 0.6) is 0 Å². The smallest absolute Gasteiger partial charge is 0.135 e. The van der Waals surface area contributed by atoms with E-state index in [1.54, 1.807) is 0 Å². The highest BCUT2D eigenvalue weighted by Gasteiger charge is 2.38. The Balaban J connectivity index is 0.000000135. The van der Waals surface area contributed by atoms with Crippen LogP contribution in [0.25, 0.3) is 208 Å². The van der Waals surface area contributed by atoms with E-state index in [0.717, 1.165) is 21.9 Å². The van der Waals surface area contributed by atoms with Crippen LogP contribution in [0.3, 0.4) is 0 Å². The molecule has 510 valence electrons. The van der Waals surface area contributed by atoms with Crippen LogP contribution >= 0.6 is 0 Å². The minimum absolute atomic E-state index is 0.0383. The third kappa shape index (κ3) is 9.53. The number of fused-ring (bicyclic) bond motifs is 22. The summed E-state index contributed by atoms with van der Waals surface area (Å²) in [7, 11) is 0. The fourth-order valence-corrected chi connectivity index (χ4v) is 19.5. The molecule has 1 aromatic heterocycles. The van der Waals surface area contributed by atoms with Gasteiger partial charge in [0.25, 0.3) is 0 Å². The van der Waals surface area contributed by atoms with Crippen molar-refractivity contribution in [2.24, 2.45) is 0 Å². The first-order valence-corrected chi connectivity index (χ1v) is 38.3. The Labute approximate surface area is 632 Å². The molecule has 0 atom stereocenters. The molecule has 0 fully saturated rings. The van der Waals surface area contributed by atoms with Crippen LogP contribution in [0.15, 0.2) is 368 Å². The highest BCUT2D eigenvalue weighted by molar-refractivity contribution is 6.29. The Morgan fingerprint density at radius 3 is 0.972 bits per heavy atom. The molecule has 2 aliphatic rings. The van der Waals surface area contributed by atoms with Crippen LogP contribution in [0.2, 0.25) is 0 Å². The third-order valence-corrected chi connectivity index (χ3v) is 24.7. The average Bonchev–Trinajstić information content (AvgIpc) is 1.63. The van der Waals surface area contributed by atoms with E-state index >= 15 is 0 Å². The van der Waals surface area contributed by atoms with E-state index in [1.807, 2.05) is 12.1 Å². The summed E-state index contributed by atoms with van der Waals surface area (Å²) < 4.78 is 6.20. The largest absolute Gasteiger partial charge is 0.456 e. The molecule has 1 heteroatoms. The molecule has 0 amide bonds. The molecule has 20 aromatic carbocycles. The minimum atomic E-state index is -0.0428. The van der Waals surface area contributed by atoms with E-state index in [0.29, 0.717) is 0 Å². The first kappa shape index (κ1) is 62.9. The lowest BCUT2D eigenvalue weighted by Gasteiger charge is -2.21. The Morgan fingerprint density at radius 1 is 0.174 bits per heavy atom. The van der Waals surface area contributed by atoms with Crippen molar-refractivity contribution in [3.63, 3.8) is 0 Å². The van der Waals surface area contributed by atoms with Gasteiger partial charge >= 0.3 is 0 Å². The maximum atomic E-state index is 6.20. The highest BCUT2D eigenvalue weighted by Crippen LogP contribution is 2.56. The Morgan fingerprint density at radius 2 is 0.495 bits per heavy atom. The third-order valence-electron chi connectivity index (χ3n) is 24.7. The van der Waals surface area contributed by atoms with Gasteiger partial charge in [0.2, 0.25) is 0 Å². The Bertz CT molecular complexity index is 7330. The number of hydrogen-bond donors (Lipinski definition) is 0. The maximum Gasteiger partial charge on any atom is 0.135 e. The van der Waals surface area contributed by atoms with Gasteiger partial charge in [-0.05, 0) is 245 Å². The summed E-state index contributed by atoms with van der Waals surface area (Å²) >= 11 is 0. The number of benzene rings is 20. The summed E-state index contributed by atoms with van der Waals surface area (Å²) in [6.45, 7) is 9.45. The fourth-order valence-electron chi connectivity index (χ4n) is 19.5. The van der Waals surface area contributed by atoms with E-state index in [1.165, 1.54) is 208 Å². The van der Waals surface area contributed by atoms with Gasteiger partial charge in [0.1, 0.15) is 11.2 Å². The van der Waals surface area contributed by atoms with Crippen molar-refractivity contribution >= 4 is 119 Å². The van der Waals surface area contributed by atoms with Crippen LogP contribution in [0.1, 0.15) is 49.9 Å². The normalized spacial score (nSPS) is 13.3. The molecule has 1 heterocycles. The van der Waals surface area contributed by atoms with Crippen molar-refractivity contribution in [1.82, 2.24) is 0 Å². The zero-order chi connectivity index (χ0) is 72.4. The van der Waals surface area contributed by atoms with Gasteiger partial charge in [0.15, 0.2) is 0 Å². The topological polar surface area (TPSA) is 13.1 Å². The van der Waals surface area contributed by atoms with E-state index in [2.05, 4.69) is 380 Å². The molecule has 0 radical (unpaired) electrons. The van der Waals surface area contributed by atoms with Gasteiger partial charge in [-0.3, -0.25) is 0 Å². The van der Waals surface area contributed by atoms with E-state index in [9.17, 15) is 0 Å². The summed E-state index contributed by atoms with van der Waals surface area (Å²) in [4.78, 5) is 0. The van der Waals surface area contributed by atoms with E-state index < -0.39 is 0 Å². The number of para-hydroxylation sites is 1. The SMILES string of the molecule is CC1(C)c2ccc(-c3ccc(-c4c5ccccc5c(-c5cc6ccc7ccccc7c6c6ccccc56)c5ccccc45)cc3)cc2-c2c1ccc1ccccc21.CC1(C)c2ccc(-c3ccc(-c4c5ccccc5c(-c5ccc6oc7ccccc7c6c5)c5ccccc45)cc3)cc2-c2c1ccc1ccccc21. The Hall–Kier alpha value is -13.5. The summed E-state index contributed by atoms with van der Waals surface area (Å²) in [6.07, 6.45) is 0. The monoisotopic (exact) mass is 1380 g/mol. The molecule has 23 rings (SSSR count). The summed E-state index contributed by atoms with van der Waals surface area (Å²) in [5.74, 6) is 0. The van der Waals surface area contributed by atoms with Crippen LogP contribution in [0, 0.1) is 0 Å². The van der Waals surface area contributed by atoms with Crippen molar-refractivity contribution < 1.29 is 4.42 Å². The molecule has 109 heavy (non-hydrogen) atoms. The lowest BCUT2D eigenvalue weighted by Crippen LogP contribution is -2.14. The number of rotatable bonds is 6. The second kappa shape index (κ2) is 24.0. The Kier molecular flexibility index (Phi) is 13.9. The van der Waals surface area contributed by atoms with Gasteiger partial charge in [-0.25, -0.2) is 0 Å². The summed E-state index contributed by atoms with van der Waals surface area (Å²) in [5, 5.41) is 25.4. The zero-order valence-corrected chi connectivity index (χ0v) is 61.0. The number of furan rings is 1. The molecule has 2 aliphatic carbocycles. The highest BCUT2D eigenvalue weighted by atomic mass is 16.3. The summed E-state index contributed by atoms with van der Waals surface area (Å²) in [6, 6.07) is 135. The number of hydrogen-bond acceptors (Lipinski definition) is 1. The molecule has 0 aliphatic heterocycles. The van der Waals surface area contributed by atoms with Gasteiger partial charge in [-0.15, -0.1) is 0 Å². The van der Waals surface area contributed by atoms with E-state index in [-0.39, 0.29) is 10.8 Å². The summed E-state index contributed by atoms with van der Waals surface area (Å²) in [5.41, 5.74) is 27.8. The first-order valence-electron chi connectivity index (χ1n) is 38.3. The standard InChI is InChI=1S/C57H38.C51H34O/c1-57(2)51-31-30-39(33-50(51)56-42-16-6-4-14-37(42)29-32-52(56)57)35-23-26-38(27-24-35)53-45-19-9-11-21-47(45)55(48-22-12-10-20-46(48)53)49-34-40-28-25-36-13-3-5-15-41(36)54(40)44-18-8-7-17-43(44)49;1-51(2)44-26-24-34(29-43(44)50-36-12-4-3-11-32(36)23-27-45(50)51)31-19-21-33(22-20-31)48-38-14-5-7-16-40(38)49(41-17-8-6-15-39(41)48)35-25-28-47-42(30-35)37-13-9-10-18-46(37)52-47/h3-34H,1-2H3;3-30H,1-2H3. The molecule has 1 nitrogen and oxygen atoms in total. The second-order valence-corrected chi connectivity index (χ2v) is 31.2. The molecule has 0 N–H and O–H groups in total. The maximum absolute atomic E-state index is 6.20. The van der Waals surface area contributed by atoms with Gasteiger partial charge in [-0.2, -0.15) is 0 Å². The lowest BCUT2D eigenvalue weighted by molar-refractivity contribution is 0.661. The van der Waals surface area contributed by atoms with Crippen molar-refractivity contribution in [3.05, 3.63) is 386 Å². The fraction of sp³-hybridized carbons (Fsp3) is 0.0556. The predicted octanol–water partition coefficient (Wildman–Crippen LogP) is 30.3. The molecule has 0 saturated carbocycles. The van der Waals surface area contributed by atoms with Crippen LogP contribution in [-0.2, 0) is 10.8 Å². The molecule has 0 spiro atoms. The minimum Gasteiger partial charge on any atom is -0.456 e. The lowest BCUT2D eigenvalue weighted by atomic mass is 9.81. The van der Waals surface area contributed by atoms with Crippen molar-refractivity contribution in [2.45, 2.75) is 38.5 Å². The predicted molar refractivity (Wildman–Crippen MR) is 465 cm³/mol. The van der Waals surface area contributed by atoms with Gasteiger partial charge < -0.3 is 4.42 Å². The van der Waals surface area contributed by atoms with Crippen molar-refractivity contribution in [3.8, 4) is 89.0 Å². The van der Waals surface area contributed by atoms with Gasteiger partial charge in [0, 0.05) is 21.6 Å². The average molecular weight is 1390 g/mol. The van der Waals surface area contributed by atoms with Crippen LogP contribution in [-0.4, -0.2) is 0 Å². The molecule has 0 saturated heterocycles. The first-order chi connectivity index (χ1) is 53.6. The van der Waals surface area contributed by atoms with Gasteiger partial charge in [0.05, 0.1) is 0 Å².